The zero-order valence-electron chi connectivity index (χ0n) is 42.2. The number of aliphatic hydroxyl groups excluding tert-OH is 1. The number of nitrogens with one attached hydrogen (secondary N) is 3. The van der Waals surface area contributed by atoms with E-state index in [-0.39, 0.29) is 54.6 Å². The average molecular weight is 1030 g/mol. The van der Waals surface area contributed by atoms with Crippen LogP contribution in [0.25, 0.3) is 21.6 Å². The second-order valence-corrected chi connectivity index (χ2v) is 20.9. The fourth-order valence-electron chi connectivity index (χ4n) is 10.0. The Bertz CT molecular complexity index is 2830. The van der Waals surface area contributed by atoms with E-state index in [0.717, 1.165) is 94.7 Å². The van der Waals surface area contributed by atoms with E-state index in [1.165, 1.54) is 4.90 Å². The Labute approximate surface area is 436 Å². The maximum atomic E-state index is 14.1. The van der Waals surface area contributed by atoms with Crippen LogP contribution in [0.15, 0.2) is 107 Å². The molecule has 1 fully saturated rings. The number of nitrogens with zero attached hydrogens (tertiary/aromatic N) is 4. The third-order valence-corrected chi connectivity index (χ3v) is 15.1. The lowest BCUT2D eigenvalue weighted by Gasteiger charge is -2.39. The Morgan fingerprint density at radius 3 is 2.26 bits per heavy atom. The second kappa shape index (κ2) is 24.4. The third kappa shape index (κ3) is 13.2. The summed E-state index contributed by atoms with van der Waals surface area (Å²) in [5, 5.41) is 25.1. The quantitative estimate of drug-likeness (QED) is 0.0507. The number of aliphatic hydroxyl groups is 1. The molecule has 5 atom stereocenters. The number of β-amino-alcohol motifs (C(OH)–C–C–N with tert-alkyl or cyclic N) is 1. The van der Waals surface area contributed by atoms with Gasteiger partial charge in [0.2, 0.25) is 17.7 Å². The third-order valence-electron chi connectivity index (χ3n) is 13.8. The Kier molecular flexibility index (Phi) is 17.7. The molecule has 0 saturated carbocycles. The summed E-state index contributed by atoms with van der Waals surface area (Å²) in [7, 11) is 0. The van der Waals surface area contributed by atoms with Crippen LogP contribution in [0, 0.1) is 12.8 Å². The molecule has 14 nitrogen and oxygen atoms in total. The molecule has 384 valence electrons. The molecule has 4 heterocycles. The number of rotatable bonds is 21. The number of aromatic nitrogens is 2. The van der Waals surface area contributed by atoms with Gasteiger partial charge in [-0.3, -0.25) is 19.2 Å². The number of unbranched alkanes of at least 4 members (excludes halogenated alkanes) is 5. The summed E-state index contributed by atoms with van der Waals surface area (Å²) in [4.78, 5) is 62.1. The number of carbonyl (C=O) groups excluding carboxylic acids is 4. The second-order valence-electron chi connectivity index (χ2n) is 19.6. The van der Waals surface area contributed by atoms with Crippen LogP contribution in [0.4, 0.5) is 11.4 Å². The summed E-state index contributed by atoms with van der Waals surface area (Å²) in [5.74, 6) is -0.932. The van der Waals surface area contributed by atoms with Crippen LogP contribution in [0.1, 0.15) is 124 Å². The van der Waals surface area contributed by atoms with Crippen molar-refractivity contribution < 1.29 is 33.5 Å². The first kappa shape index (κ1) is 52.8. The lowest BCUT2D eigenvalue weighted by molar-refractivity contribution is -0.141. The van der Waals surface area contributed by atoms with Crippen molar-refractivity contribution in [1.82, 2.24) is 25.7 Å². The highest BCUT2D eigenvalue weighted by atomic mass is 35.5. The van der Waals surface area contributed by atoms with Gasteiger partial charge in [0.1, 0.15) is 12.0 Å². The molecule has 6 aromatic rings. The van der Waals surface area contributed by atoms with Gasteiger partial charge in [0, 0.05) is 67.0 Å². The number of amides is 4. The van der Waals surface area contributed by atoms with E-state index >= 15 is 0 Å². The summed E-state index contributed by atoms with van der Waals surface area (Å²) >= 11 is 7.73. The molecule has 0 radical (unpaired) electrons. The number of thiazole rings is 1. The number of halogens is 1. The zero-order valence-corrected chi connectivity index (χ0v) is 43.8. The number of hydrogen-bond acceptors (Lipinski definition) is 11. The highest BCUT2D eigenvalue weighted by Gasteiger charge is 2.43. The first-order valence-corrected chi connectivity index (χ1v) is 26.7. The molecule has 0 unspecified atom stereocenters. The molecule has 16 heteroatoms. The number of fused-ring (bicyclic) bond motifs is 1. The molecule has 2 aliphatic rings. The summed E-state index contributed by atoms with van der Waals surface area (Å²) in [6.45, 7) is 10.9. The summed E-state index contributed by atoms with van der Waals surface area (Å²) in [6.07, 6.45) is 5.78. The number of carbonyl (C=O) groups is 4. The number of benzene rings is 4. The number of anilines is 2. The van der Waals surface area contributed by atoms with Crippen molar-refractivity contribution >= 4 is 57.9 Å². The van der Waals surface area contributed by atoms with Gasteiger partial charge in [0.25, 0.3) is 11.8 Å². The maximum absolute atomic E-state index is 14.1. The Hall–Kier alpha value is -6.55. The van der Waals surface area contributed by atoms with Crippen molar-refractivity contribution in [1.29, 1.82) is 0 Å². The van der Waals surface area contributed by atoms with Crippen LogP contribution >= 0.6 is 22.9 Å². The van der Waals surface area contributed by atoms with Crippen LogP contribution in [0.3, 0.4) is 0 Å². The minimum absolute atomic E-state index is 0.00974. The van der Waals surface area contributed by atoms with Crippen LogP contribution in [-0.2, 0) is 20.9 Å². The molecule has 73 heavy (non-hydrogen) atoms. The minimum Gasteiger partial charge on any atom is -0.476 e. The molecule has 0 spiro atoms. The molecular formula is C57H66ClN7O7S. The zero-order chi connectivity index (χ0) is 51.6. The highest BCUT2D eigenvalue weighted by molar-refractivity contribution is 7.13. The smallest absolute Gasteiger partial charge is 0.254 e. The lowest BCUT2D eigenvalue weighted by atomic mass is 9.88. The van der Waals surface area contributed by atoms with E-state index in [9.17, 15) is 24.3 Å². The van der Waals surface area contributed by atoms with Crippen molar-refractivity contribution in [3.63, 3.8) is 0 Å². The van der Waals surface area contributed by atoms with Gasteiger partial charge in [0.05, 0.1) is 34.8 Å². The predicted molar refractivity (Wildman–Crippen MR) is 287 cm³/mol. The monoisotopic (exact) mass is 1030 g/mol. The molecule has 4 N–H and O–H groups in total. The fourth-order valence-corrected chi connectivity index (χ4v) is 10.9. The van der Waals surface area contributed by atoms with E-state index in [1.54, 1.807) is 24.3 Å². The largest absolute Gasteiger partial charge is 0.476 e. The van der Waals surface area contributed by atoms with Gasteiger partial charge in [-0.25, -0.2) is 4.98 Å². The Balaban J connectivity index is 0.732. The predicted octanol–water partition coefficient (Wildman–Crippen LogP) is 10.9. The average Bonchev–Trinajstić information content (AvgIpc) is 4.14. The van der Waals surface area contributed by atoms with Crippen molar-refractivity contribution in [3.05, 3.63) is 136 Å². The van der Waals surface area contributed by atoms with Crippen LogP contribution < -0.4 is 25.6 Å². The van der Waals surface area contributed by atoms with Crippen molar-refractivity contribution in [3.8, 4) is 27.4 Å². The van der Waals surface area contributed by atoms with Gasteiger partial charge in [-0.2, -0.15) is 0 Å². The lowest BCUT2D eigenvalue weighted by Crippen LogP contribution is -2.48. The summed E-state index contributed by atoms with van der Waals surface area (Å²) < 4.78 is 11.6. The topological polar surface area (TPSA) is 179 Å². The van der Waals surface area contributed by atoms with Crippen LogP contribution in [0.5, 0.6) is 5.88 Å². The van der Waals surface area contributed by atoms with Crippen molar-refractivity contribution in [2.75, 3.05) is 29.9 Å². The van der Waals surface area contributed by atoms with E-state index in [1.807, 2.05) is 116 Å². The molecule has 2 aliphatic heterocycles. The van der Waals surface area contributed by atoms with Crippen molar-refractivity contribution in [2.24, 2.45) is 5.92 Å². The number of hydrogen-bond donors (Lipinski definition) is 4. The fraction of sp³-hybridized carbons (Fsp3) is 0.404. The van der Waals surface area contributed by atoms with E-state index < -0.39 is 18.1 Å². The number of aryl methyl sites for hydroxylation is 1. The van der Waals surface area contributed by atoms with Gasteiger partial charge in [-0.05, 0) is 121 Å². The summed E-state index contributed by atoms with van der Waals surface area (Å²) in [5.41, 5.74) is 10.3. The molecular weight excluding hydrogens is 962 g/mol. The molecule has 0 aliphatic carbocycles. The maximum Gasteiger partial charge on any atom is 0.254 e. The van der Waals surface area contributed by atoms with Gasteiger partial charge >= 0.3 is 0 Å². The van der Waals surface area contributed by atoms with Crippen LogP contribution in [-0.4, -0.2) is 81.7 Å². The number of ether oxygens (including phenoxy) is 1. The SMILES string of the molecule is CC(=O)N1c2ccc(-c3ccc(C(=O)NCCCCCCCCOc4cc([C@@H](C(=O)N5C[C@H](O)C[C@H]5C(=O)NCc5ccc(-c6scnc6C)cc5)C(C)C)on4)cc3)cc2[C@H](Nc2ccc(Cl)cc2)C[C@@H]1C. The van der Waals surface area contributed by atoms with Gasteiger partial charge in [0.15, 0.2) is 5.76 Å². The molecule has 4 aromatic carbocycles. The molecule has 8 rings (SSSR count). The Morgan fingerprint density at radius 2 is 1.56 bits per heavy atom. The minimum atomic E-state index is -0.819. The standard InChI is InChI=1S/C57H66ClN7O7S/c1-35(2)53(57(70)64-33-46(67)30-50(64)56(69)60-32-39-12-14-41(15-13-39)54-37(4)61-34-73-54)51-31-52(63-72-51)71-27-11-9-7-6-8-10-26-59-55(68)42-18-16-40(17-19-42)43-20-25-49-47(29-43)48(28-36(3)65(49)38(5)66)62-45-23-21-44(58)22-24-45/h12-25,29,31,34-36,46,48,50,53,62,67H,6-11,26-28,30,32-33H2,1-5H3,(H,59,68)(H,60,69)/t36-,46+,48+,50-,53-/m0/s1. The Morgan fingerprint density at radius 1 is 0.863 bits per heavy atom. The first-order chi connectivity index (χ1) is 35.2. The summed E-state index contributed by atoms with van der Waals surface area (Å²) in [6, 6.07) is 30.3. The molecule has 4 amide bonds. The van der Waals surface area contributed by atoms with Gasteiger partial charge in [-0.15, -0.1) is 11.3 Å². The van der Waals surface area contributed by atoms with Crippen LogP contribution in [0.2, 0.25) is 5.02 Å². The molecule has 2 aromatic heterocycles. The molecule has 1 saturated heterocycles. The highest BCUT2D eigenvalue weighted by Crippen LogP contribution is 2.42. The van der Waals surface area contributed by atoms with Crippen molar-refractivity contribution in [2.45, 2.75) is 123 Å². The first-order valence-electron chi connectivity index (χ1n) is 25.4. The van der Waals surface area contributed by atoms with E-state index in [2.05, 4.69) is 39.1 Å². The normalized spacial score (nSPS) is 17.8. The van der Waals surface area contributed by atoms with Gasteiger partial charge in [-0.1, -0.05) is 93.6 Å². The van der Waals surface area contributed by atoms with Gasteiger partial charge < -0.3 is 40.1 Å². The van der Waals surface area contributed by atoms with E-state index in [4.69, 9.17) is 20.9 Å². The number of likely N-dealkylation sites (tertiary alicyclic amines) is 1. The molecule has 0 bridgehead atoms. The van der Waals surface area contributed by atoms with E-state index in [0.29, 0.717) is 41.9 Å².